The molecule has 0 aliphatic rings. The van der Waals surface area contributed by atoms with Crippen molar-refractivity contribution in [3.8, 4) is 0 Å². The summed E-state index contributed by atoms with van der Waals surface area (Å²) < 4.78 is 6.17. The first-order chi connectivity index (χ1) is 14.3. The minimum absolute atomic E-state index is 0.0488. The predicted octanol–water partition coefficient (Wildman–Crippen LogP) is 3.54. The molecule has 0 spiro atoms. The fourth-order valence-electron chi connectivity index (χ4n) is 3.16. The number of ether oxygens (including phenoxy) is 1. The second-order valence-electron chi connectivity index (χ2n) is 6.88. The highest BCUT2D eigenvalue weighted by Crippen LogP contribution is 2.26. The number of hydrogen-bond donors (Lipinski definition) is 1. The molecule has 1 amide bonds. The third-order valence-electron chi connectivity index (χ3n) is 4.95. The molecular formula is C21H22ClN3O4S. The highest BCUT2D eigenvalue weighted by atomic mass is 35.5. The van der Waals surface area contributed by atoms with Crippen LogP contribution in [0.5, 0.6) is 0 Å². The van der Waals surface area contributed by atoms with E-state index in [2.05, 4.69) is 10.3 Å². The molecule has 0 saturated heterocycles. The van der Waals surface area contributed by atoms with Crippen LogP contribution in [0, 0.1) is 13.8 Å². The van der Waals surface area contributed by atoms with Gasteiger partial charge in [-0.25, -0.2) is 4.98 Å². The number of aryl methyl sites for hydroxylation is 3. The van der Waals surface area contributed by atoms with Crippen molar-refractivity contribution in [3.63, 3.8) is 0 Å². The lowest BCUT2D eigenvalue weighted by Gasteiger charge is -2.19. The van der Waals surface area contributed by atoms with Gasteiger partial charge in [0.2, 0.25) is 5.91 Å². The number of benzene rings is 1. The van der Waals surface area contributed by atoms with E-state index in [-0.39, 0.29) is 30.9 Å². The number of thiophene rings is 1. The van der Waals surface area contributed by atoms with E-state index in [0.29, 0.717) is 20.8 Å². The van der Waals surface area contributed by atoms with Crippen molar-refractivity contribution in [2.24, 2.45) is 0 Å². The Bertz CT molecular complexity index is 1150. The van der Waals surface area contributed by atoms with Crippen LogP contribution in [0.4, 0.5) is 0 Å². The van der Waals surface area contributed by atoms with Gasteiger partial charge in [-0.05, 0) is 31.0 Å². The molecule has 3 rings (SSSR count). The van der Waals surface area contributed by atoms with Gasteiger partial charge in [-0.3, -0.25) is 19.0 Å². The second kappa shape index (κ2) is 9.40. The molecule has 0 aliphatic carbocycles. The number of carbonyl (C=O) groups is 2. The molecule has 0 aliphatic heterocycles. The van der Waals surface area contributed by atoms with Crippen molar-refractivity contribution in [3.05, 3.63) is 62.0 Å². The summed E-state index contributed by atoms with van der Waals surface area (Å²) >= 11 is 7.72. The summed E-state index contributed by atoms with van der Waals surface area (Å²) in [6.45, 7) is 4.03. The number of fused-ring (bicyclic) bond motifs is 1. The SMILES string of the molecule is COC(=O)CC(NC(=O)CCn1cnc2sc(C)c(C)c2c1=O)c1ccccc1Cl. The number of methoxy groups -OCH3 is 1. The summed E-state index contributed by atoms with van der Waals surface area (Å²) in [6.07, 6.45) is 1.47. The van der Waals surface area contributed by atoms with Gasteiger partial charge in [0.05, 0.1) is 31.3 Å². The molecule has 0 fully saturated rings. The van der Waals surface area contributed by atoms with Crippen LogP contribution in [0.1, 0.15) is 34.9 Å². The van der Waals surface area contributed by atoms with Crippen molar-refractivity contribution in [1.29, 1.82) is 0 Å². The van der Waals surface area contributed by atoms with Crippen LogP contribution in [-0.4, -0.2) is 28.5 Å². The lowest BCUT2D eigenvalue weighted by molar-refractivity contribution is -0.141. The first-order valence-electron chi connectivity index (χ1n) is 9.37. The quantitative estimate of drug-likeness (QED) is 0.559. The zero-order valence-electron chi connectivity index (χ0n) is 16.9. The number of aromatic nitrogens is 2. The molecule has 0 saturated carbocycles. The van der Waals surface area contributed by atoms with Crippen LogP contribution in [0.2, 0.25) is 5.02 Å². The highest BCUT2D eigenvalue weighted by Gasteiger charge is 2.21. The number of halogens is 1. The number of amides is 1. The molecule has 158 valence electrons. The van der Waals surface area contributed by atoms with Gasteiger partial charge in [0.25, 0.3) is 5.56 Å². The Labute approximate surface area is 182 Å². The fraction of sp³-hybridized carbons (Fsp3) is 0.333. The Morgan fingerprint density at radius 3 is 2.73 bits per heavy atom. The molecule has 30 heavy (non-hydrogen) atoms. The second-order valence-corrected chi connectivity index (χ2v) is 8.49. The molecule has 0 radical (unpaired) electrons. The number of nitrogens with zero attached hydrogens (tertiary/aromatic N) is 2. The molecule has 1 atom stereocenters. The molecule has 1 N–H and O–H groups in total. The number of rotatable bonds is 7. The van der Waals surface area contributed by atoms with Crippen LogP contribution in [-0.2, 0) is 20.9 Å². The topological polar surface area (TPSA) is 90.3 Å². The largest absolute Gasteiger partial charge is 0.469 e. The first-order valence-corrected chi connectivity index (χ1v) is 10.6. The van der Waals surface area contributed by atoms with Gasteiger partial charge < -0.3 is 10.1 Å². The number of esters is 1. The minimum Gasteiger partial charge on any atom is -0.469 e. The third kappa shape index (κ3) is 4.71. The number of hydrogen-bond acceptors (Lipinski definition) is 6. The van der Waals surface area contributed by atoms with E-state index >= 15 is 0 Å². The maximum atomic E-state index is 12.8. The summed E-state index contributed by atoms with van der Waals surface area (Å²) in [5.41, 5.74) is 1.39. The van der Waals surface area contributed by atoms with Crippen LogP contribution in [0.15, 0.2) is 35.4 Å². The average Bonchev–Trinajstić information content (AvgIpc) is 3.01. The Morgan fingerprint density at radius 1 is 1.30 bits per heavy atom. The number of carbonyl (C=O) groups excluding carboxylic acids is 2. The van der Waals surface area contributed by atoms with E-state index in [1.165, 1.54) is 29.3 Å². The zero-order chi connectivity index (χ0) is 21.8. The normalized spacial score (nSPS) is 12.0. The Hall–Kier alpha value is -2.71. The Balaban J connectivity index is 1.74. The van der Waals surface area contributed by atoms with Crippen molar-refractivity contribution in [2.45, 2.75) is 39.3 Å². The van der Waals surface area contributed by atoms with Crippen molar-refractivity contribution >= 4 is 45.0 Å². The summed E-state index contributed by atoms with van der Waals surface area (Å²) in [6, 6.07) is 6.37. The Morgan fingerprint density at radius 2 is 2.03 bits per heavy atom. The lowest BCUT2D eigenvalue weighted by atomic mass is 10.0. The molecule has 0 bridgehead atoms. The third-order valence-corrected chi connectivity index (χ3v) is 6.41. The summed E-state index contributed by atoms with van der Waals surface area (Å²) in [5, 5.41) is 3.87. The van der Waals surface area contributed by atoms with Gasteiger partial charge in [-0.2, -0.15) is 0 Å². The van der Waals surface area contributed by atoms with Gasteiger partial charge in [0.15, 0.2) is 0 Å². The molecule has 9 heteroatoms. The summed E-state index contributed by atoms with van der Waals surface area (Å²) in [7, 11) is 1.29. The lowest BCUT2D eigenvalue weighted by Crippen LogP contribution is -2.32. The van der Waals surface area contributed by atoms with E-state index in [4.69, 9.17) is 16.3 Å². The van der Waals surface area contributed by atoms with Crippen LogP contribution in [0.3, 0.4) is 0 Å². The molecule has 2 aromatic heterocycles. The van der Waals surface area contributed by atoms with Gasteiger partial charge in [0, 0.05) is 22.9 Å². The molecule has 3 aromatic rings. The van der Waals surface area contributed by atoms with E-state index in [0.717, 1.165) is 10.4 Å². The van der Waals surface area contributed by atoms with Crippen LogP contribution >= 0.6 is 22.9 Å². The van der Waals surface area contributed by atoms with E-state index in [1.54, 1.807) is 24.3 Å². The van der Waals surface area contributed by atoms with Crippen LogP contribution in [0.25, 0.3) is 10.2 Å². The first kappa shape index (κ1) is 22.0. The average molecular weight is 448 g/mol. The van der Waals surface area contributed by atoms with Crippen molar-refractivity contribution < 1.29 is 14.3 Å². The van der Waals surface area contributed by atoms with Gasteiger partial charge in [0.1, 0.15) is 4.83 Å². The summed E-state index contributed by atoms with van der Waals surface area (Å²) in [4.78, 5) is 43.3. The summed E-state index contributed by atoms with van der Waals surface area (Å²) in [5.74, 6) is -0.775. The minimum atomic E-state index is -0.627. The predicted molar refractivity (Wildman–Crippen MR) is 117 cm³/mol. The van der Waals surface area contributed by atoms with Crippen molar-refractivity contribution in [2.75, 3.05) is 7.11 Å². The zero-order valence-corrected chi connectivity index (χ0v) is 18.5. The highest BCUT2D eigenvalue weighted by molar-refractivity contribution is 7.18. The molecule has 1 unspecified atom stereocenters. The van der Waals surface area contributed by atoms with E-state index < -0.39 is 12.0 Å². The van der Waals surface area contributed by atoms with Crippen LogP contribution < -0.4 is 10.9 Å². The van der Waals surface area contributed by atoms with Gasteiger partial charge in [-0.1, -0.05) is 29.8 Å². The molecule has 1 aromatic carbocycles. The van der Waals surface area contributed by atoms with Gasteiger partial charge >= 0.3 is 5.97 Å². The molecule has 2 heterocycles. The standard InChI is InChI=1S/C21H22ClN3O4S/c1-12-13(2)30-20-19(12)21(28)25(11-23-20)9-8-17(26)24-16(10-18(27)29-3)14-6-4-5-7-15(14)22/h4-7,11,16H,8-10H2,1-3H3,(H,24,26). The number of nitrogens with one attached hydrogen (secondary N) is 1. The maximum absolute atomic E-state index is 12.8. The van der Waals surface area contributed by atoms with E-state index in [1.807, 2.05) is 13.8 Å². The molecule has 7 nitrogen and oxygen atoms in total. The fourth-order valence-corrected chi connectivity index (χ4v) is 4.42. The maximum Gasteiger partial charge on any atom is 0.307 e. The van der Waals surface area contributed by atoms with E-state index in [9.17, 15) is 14.4 Å². The van der Waals surface area contributed by atoms with Crippen molar-refractivity contribution in [1.82, 2.24) is 14.9 Å². The van der Waals surface area contributed by atoms with Gasteiger partial charge in [-0.15, -0.1) is 11.3 Å². The molecular weight excluding hydrogens is 426 g/mol. The Kier molecular flexibility index (Phi) is 6.89. The smallest absolute Gasteiger partial charge is 0.307 e. The monoisotopic (exact) mass is 447 g/mol.